The number of dihydropyridines is 1. The highest BCUT2D eigenvalue weighted by Gasteiger charge is 2.21. The van der Waals surface area contributed by atoms with E-state index in [2.05, 4.69) is 5.32 Å². The Morgan fingerprint density at radius 1 is 1.47 bits per heavy atom. The van der Waals surface area contributed by atoms with Crippen LogP contribution in [0.5, 0.6) is 0 Å². The van der Waals surface area contributed by atoms with Crippen LogP contribution in [0.15, 0.2) is 32.4 Å². The minimum absolute atomic E-state index is 0.0167. The zero-order valence-corrected chi connectivity index (χ0v) is 10.7. The van der Waals surface area contributed by atoms with Crippen LogP contribution in [0.25, 0.3) is 0 Å². The van der Waals surface area contributed by atoms with Crippen molar-refractivity contribution in [2.24, 2.45) is 0 Å². The van der Waals surface area contributed by atoms with Crippen LogP contribution in [0, 0.1) is 0 Å². The first-order chi connectivity index (χ1) is 6.91. The lowest BCUT2D eigenvalue weighted by atomic mass is 10.1. The first-order valence-corrected chi connectivity index (χ1v) is 5.54. The van der Waals surface area contributed by atoms with E-state index in [0.717, 1.165) is 6.08 Å². The third-order valence-electron chi connectivity index (χ3n) is 1.70. The van der Waals surface area contributed by atoms with E-state index in [1.807, 2.05) is 6.92 Å². The van der Waals surface area contributed by atoms with Gasteiger partial charge < -0.3 is 5.32 Å². The molecule has 1 unspecified atom stereocenters. The second-order valence-electron chi connectivity index (χ2n) is 2.93. The molecule has 0 saturated carbocycles. The van der Waals surface area contributed by atoms with Gasteiger partial charge in [-0.25, -0.2) is 0 Å². The number of halogens is 4. The minimum atomic E-state index is -0.430. The lowest BCUT2D eigenvalue weighted by Gasteiger charge is -2.19. The summed E-state index contributed by atoms with van der Waals surface area (Å²) in [5.41, 5.74) is 0.176. The molecule has 0 spiro atoms. The molecule has 0 aromatic carbocycles. The van der Waals surface area contributed by atoms with Crippen LogP contribution in [0.1, 0.15) is 6.92 Å². The molecule has 1 aliphatic rings. The number of carbonyl (C=O) groups excluding carboxylic acids is 1. The highest BCUT2D eigenvalue weighted by Crippen LogP contribution is 2.27. The van der Waals surface area contributed by atoms with Gasteiger partial charge in [0.2, 0.25) is 0 Å². The van der Waals surface area contributed by atoms with Crippen LogP contribution in [0.2, 0.25) is 0 Å². The third kappa shape index (κ3) is 3.42. The third-order valence-corrected chi connectivity index (χ3v) is 2.53. The number of ketones is 1. The molecule has 1 aliphatic heterocycles. The smallest absolute Gasteiger partial charge is 0.192 e. The Labute approximate surface area is 108 Å². The molecule has 1 N–H and O–H groups in total. The van der Waals surface area contributed by atoms with E-state index in [1.54, 1.807) is 6.08 Å². The number of rotatable bonds is 2. The number of hydrogen-bond donors (Lipinski definition) is 1. The molecule has 0 radical (unpaired) electrons. The van der Waals surface area contributed by atoms with Gasteiger partial charge in [0.25, 0.3) is 0 Å². The van der Waals surface area contributed by atoms with Gasteiger partial charge >= 0.3 is 0 Å². The molecule has 6 heteroatoms. The molecule has 2 nitrogen and oxygen atoms in total. The molecule has 0 saturated heterocycles. The fourth-order valence-corrected chi connectivity index (χ4v) is 2.11. The summed E-state index contributed by atoms with van der Waals surface area (Å²) >= 11 is 22.5. The maximum absolute atomic E-state index is 11.6. The maximum Gasteiger partial charge on any atom is 0.192 e. The summed E-state index contributed by atoms with van der Waals surface area (Å²) in [5.74, 6) is -0.430. The number of hydrogen-bond acceptors (Lipinski definition) is 2. The highest BCUT2D eigenvalue weighted by molar-refractivity contribution is 6.57. The average Bonchev–Trinajstić information content (AvgIpc) is 1.99. The Morgan fingerprint density at radius 2 is 2.07 bits per heavy atom. The fraction of sp³-hybridized carbons (Fsp3) is 0.222. The first kappa shape index (κ1) is 12.9. The Bertz CT molecular complexity index is 380. The molecule has 0 aliphatic carbocycles. The fourth-order valence-electron chi connectivity index (χ4n) is 1.12. The Morgan fingerprint density at radius 3 is 2.53 bits per heavy atom. The molecule has 82 valence electrons. The summed E-state index contributed by atoms with van der Waals surface area (Å²) < 4.78 is -0.139. The summed E-state index contributed by atoms with van der Waals surface area (Å²) in [6.45, 7) is 1.86. The Balaban J connectivity index is 3.05. The predicted octanol–water partition coefficient (Wildman–Crippen LogP) is 3.44. The van der Waals surface area contributed by atoms with Crippen molar-refractivity contribution in [1.29, 1.82) is 0 Å². The van der Waals surface area contributed by atoms with E-state index in [-0.39, 0.29) is 21.3 Å². The second kappa shape index (κ2) is 5.26. The van der Waals surface area contributed by atoms with Gasteiger partial charge in [-0.05, 0) is 13.0 Å². The van der Waals surface area contributed by atoms with E-state index in [9.17, 15) is 4.79 Å². The topological polar surface area (TPSA) is 29.1 Å². The van der Waals surface area contributed by atoms with Crippen molar-refractivity contribution in [2.75, 3.05) is 0 Å². The van der Waals surface area contributed by atoms with Crippen LogP contribution >= 0.6 is 46.4 Å². The van der Waals surface area contributed by atoms with E-state index in [4.69, 9.17) is 46.4 Å². The summed E-state index contributed by atoms with van der Waals surface area (Å²) in [4.78, 5) is 11.6. The van der Waals surface area contributed by atoms with Gasteiger partial charge in [0.15, 0.2) is 5.78 Å². The summed E-state index contributed by atoms with van der Waals surface area (Å²) in [7, 11) is 0. The molecule has 0 aromatic heterocycles. The Hall–Kier alpha value is -0.150. The first-order valence-electron chi connectivity index (χ1n) is 4.03. The van der Waals surface area contributed by atoms with Crippen LogP contribution in [0.4, 0.5) is 0 Å². The number of carbonyl (C=O) groups is 1. The molecule has 1 heterocycles. The van der Waals surface area contributed by atoms with Gasteiger partial charge in [-0.3, -0.25) is 4.79 Å². The van der Waals surface area contributed by atoms with Gasteiger partial charge in [0, 0.05) is 12.1 Å². The number of nitrogens with one attached hydrogen (secondary N) is 1. The van der Waals surface area contributed by atoms with Crippen molar-refractivity contribution >= 4 is 52.2 Å². The zero-order valence-electron chi connectivity index (χ0n) is 7.65. The van der Waals surface area contributed by atoms with Gasteiger partial charge in [0.05, 0.1) is 10.6 Å². The van der Waals surface area contributed by atoms with Crippen molar-refractivity contribution in [3.05, 3.63) is 32.4 Å². The van der Waals surface area contributed by atoms with Crippen LogP contribution in [-0.2, 0) is 4.79 Å². The van der Waals surface area contributed by atoms with Gasteiger partial charge in [-0.15, -0.1) is 0 Å². The van der Waals surface area contributed by atoms with Crippen molar-refractivity contribution in [3.63, 3.8) is 0 Å². The van der Waals surface area contributed by atoms with E-state index >= 15 is 0 Å². The predicted molar refractivity (Wildman–Crippen MR) is 64.2 cm³/mol. The van der Waals surface area contributed by atoms with Crippen molar-refractivity contribution < 1.29 is 4.79 Å². The van der Waals surface area contributed by atoms with Crippen molar-refractivity contribution in [1.82, 2.24) is 5.32 Å². The summed E-state index contributed by atoms with van der Waals surface area (Å²) in [6.07, 6.45) is 2.73. The van der Waals surface area contributed by atoms with E-state index in [0.29, 0.717) is 5.03 Å². The molecule has 1 atom stereocenters. The number of allylic oxidation sites excluding steroid dienone is 3. The molecule has 0 amide bonds. The second-order valence-corrected chi connectivity index (χ2v) is 4.73. The average molecular weight is 287 g/mol. The molecule has 15 heavy (non-hydrogen) atoms. The normalized spacial score (nSPS) is 20.6. The molecule has 0 aromatic rings. The summed E-state index contributed by atoms with van der Waals surface area (Å²) in [5, 5.41) is 3.36. The highest BCUT2D eigenvalue weighted by atomic mass is 35.5. The van der Waals surface area contributed by atoms with E-state index < -0.39 is 5.78 Å². The van der Waals surface area contributed by atoms with Crippen LogP contribution < -0.4 is 5.32 Å². The van der Waals surface area contributed by atoms with Crippen molar-refractivity contribution in [3.8, 4) is 0 Å². The maximum atomic E-state index is 11.6. The monoisotopic (exact) mass is 285 g/mol. The lowest BCUT2D eigenvalue weighted by Crippen LogP contribution is -2.27. The molecule has 0 fully saturated rings. The van der Waals surface area contributed by atoms with Crippen LogP contribution in [-0.4, -0.2) is 11.8 Å². The van der Waals surface area contributed by atoms with Crippen LogP contribution in [0.3, 0.4) is 0 Å². The lowest BCUT2D eigenvalue weighted by molar-refractivity contribution is -0.111. The molecular formula is C9H7Cl4NO. The van der Waals surface area contributed by atoms with E-state index in [1.165, 1.54) is 0 Å². The quantitative estimate of drug-likeness (QED) is 0.622. The van der Waals surface area contributed by atoms with Gasteiger partial charge in [-0.2, -0.15) is 0 Å². The Kier molecular flexibility index (Phi) is 4.53. The zero-order chi connectivity index (χ0) is 11.6. The minimum Gasteiger partial charge on any atom is -0.369 e. The molecule has 1 rings (SSSR count). The molecular weight excluding hydrogens is 280 g/mol. The summed E-state index contributed by atoms with van der Waals surface area (Å²) in [6, 6.07) is -0.0167. The van der Waals surface area contributed by atoms with Gasteiger partial charge in [0.1, 0.15) is 9.65 Å². The standard InChI is InChI=1S/C9H7Cl4NO/c1-4-2-5(10)8(9(13)14-4)6(15)3-7(11)12/h2-4,14H,1H3. The largest absolute Gasteiger partial charge is 0.369 e. The molecule has 0 bridgehead atoms. The van der Waals surface area contributed by atoms with Crippen molar-refractivity contribution in [2.45, 2.75) is 13.0 Å². The van der Waals surface area contributed by atoms with Gasteiger partial charge in [-0.1, -0.05) is 46.4 Å². The SMILES string of the molecule is CC1C=C(Cl)C(C(=O)C=C(Cl)Cl)=C(Cl)N1.